The number of benzene rings is 1. The Morgan fingerprint density at radius 1 is 0.906 bits per heavy atom. The molecule has 0 spiro atoms. The molecule has 0 bridgehead atoms. The molecule has 1 aliphatic rings. The summed E-state index contributed by atoms with van der Waals surface area (Å²) in [5.41, 5.74) is 6.55. The van der Waals surface area contributed by atoms with Gasteiger partial charge in [0, 0.05) is 12.0 Å². The molecule has 1 unspecified atom stereocenters. The van der Waals surface area contributed by atoms with E-state index in [1.807, 2.05) is 24.3 Å². The number of aliphatic hydroxyl groups is 4. The van der Waals surface area contributed by atoms with Crippen molar-refractivity contribution in [2.75, 3.05) is 25.6 Å². The van der Waals surface area contributed by atoms with Gasteiger partial charge in [-0.2, -0.15) is 0 Å². The van der Waals surface area contributed by atoms with Gasteiger partial charge in [0.15, 0.2) is 6.29 Å². The number of unbranched alkanes of at least 4 members (excludes halogenated alkanes) is 5. The van der Waals surface area contributed by atoms with Crippen LogP contribution in [-0.4, -0.2) is 75.9 Å². The lowest BCUT2D eigenvalue weighted by Gasteiger charge is -2.39. The first-order chi connectivity index (χ1) is 15.5. The second-order valence-corrected chi connectivity index (χ2v) is 8.12. The lowest BCUT2D eigenvalue weighted by molar-refractivity contribution is -0.294. The van der Waals surface area contributed by atoms with Crippen LogP contribution in [0, 0.1) is 0 Å². The number of fused-ring (bicyclic) bond motifs is 1. The Morgan fingerprint density at radius 3 is 2.38 bits per heavy atom. The normalized spacial score (nSPS) is 25.8. The molecule has 3 rings (SSSR count). The van der Waals surface area contributed by atoms with Gasteiger partial charge in [0.2, 0.25) is 0 Å². The lowest BCUT2D eigenvalue weighted by atomic mass is 9.99. The average molecular weight is 451 g/mol. The summed E-state index contributed by atoms with van der Waals surface area (Å²) < 4.78 is 16.3. The SMILES string of the molecule is Nc1ccc2cc(OCCCCCCCCO[C@H]3[C@H](O)[C@@H](CO)OC(O)[C@@H]3O)ccc2n1. The number of hydrogen-bond acceptors (Lipinski definition) is 9. The molecule has 178 valence electrons. The van der Waals surface area contributed by atoms with Gasteiger partial charge in [-0.25, -0.2) is 4.98 Å². The minimum absolute atomic E-state index is 0.356. The topological polar surface area (TPSA) is 148 Å². The monoisotopic (exact) mass is 450 g/mol. The van der Waals surface area contributed by atoms with Crippen LogP contribution < -0.4 is 10.5 Å². The second-order valence-electron chi connectivity index (χ2n) is 8.12. The molecule has 5 atom stereocenters. The van der Waals surface area contributed by atoms with Crippen molar-refractivity contribution in [3.05, 3.63) is 30.3 Å². The van der Waals surface area contributed by atoms with Gasteiger partial charge in [-0.3, -0.25) is 0 Å². The van der Waals surface area contributed by atoms with Gasteiger partial charge >= 0.3 is 0 Å². The number of ether oxygens (including phenoxy) is 3. The fraction of sp³-hybridized carbons (Fsp3) is 0.609. The molecule has 2 heterocycles. The third-order valence-electron chi connectivity index (χ3n) is 5.64. The van der Waals surface area contributed by atoms with E-state index in [4.69, 9.17) is 19.9 Å². The van der Waals surface area contributed by atoms with Crippen molar-refractivity contribution in [3.8, 4) is 5.75 Å². The van der Waals surface area contributed by atoms with Crippen LogP contribution in [0.3, 0.4) is 0 Å². The van der Waals surface area contributed by atoms with E-state index in [9.17, 15) is 20.4 Å². The highest BCUT2D eigenvalue weighted by Crippen LogP contribution is 2.23. The van der Waals surface area contributed by atoms with Crippen molar-refractivity contribution < 1.29 is 34.6 Å². The average Bonchev–Trinajstić information content (AvgIpc) is 2.79. The van der Waals surface area contributed by atoms with Gasteiger partial charge in [-0.1, -0.05) is 25.7 Å². The molecule has 0 radical (unpaired) electrons. The quantitative estimate of drug-likeness (QED) is 0.302. The number of anilines is 1. The highest BCUT2D eigenvalue weighted by Gasteiger charge is 2.44. The van der Waals surface area contributed by atoms with E-state index in [1.54, 1.807) is 6.07 Å². The second kappa shape index (κ2) is 12.3. The number of nitrogen functional groups attached to an aromatic ring is 1. The van der Waals surface area contributed by atoms with Crippen LogP contribution in [0.5, 0.6) is 5.75 Å². The summed E-state index contributed by atoms with van der Waals surface area (Å²) in [4.78, 5) is 4.27. The smallest absolute Gasteiger partial charge is 0.184 e. The molecular weight excluding hydrogens is 416 g/mol. The van der Waals surface area contributed by atoms with Crippen molar-refractivity contribution in [2.45, 2.75) is 69.2 Å². The zero-order valence-corrected chi connectivity index (χ0v) is 18.2. The van der Waals surface area contributed by atoms with Gasteiger partial charge in [-0.05, 0) is 43.2 Å². The van der Waals surface area contributed by atoms with Gasteiger partial charge in [0.1, 0.15) is 36.0 Å². The Balaban J connectivity index is 1.23. The lowest BCUT2D eigenvalue weighted by Crippen LogP contribution is -2.59. The zero-order valence-electron chi connectivity index (χ0n) is 18.2. The van der Waals surface area contributed by atoms with Crippen molar-refractivity contribution in [1.29, 1.82) is 0 Å². The number of nitrogens with two attached hydrogens (primary N) is 1. The number of hydrogen-bond donors (Lipinski definition) is 5. The number of rotatable bonds is 12. The molecule has 1 saturated heterocycles. The molecule has 0 amide bonds. The summed E-state index contributed by atoms with van der Waals surface area (Å²) in [6.07, 6.45) is -0.0454. The Bertz CT molecular complexity index is 837. The Hall–Kier alpha value is -2.01. The van der Waals surface area contributed by atoms with Crippen LogP contribution in [0.4, 0.5) is 5.82 Å². The van der Waals surface area contributed by atoms with Gasteiger partial charge < -0.3 is 40.4 Å². The van der Waals surface area contributed by atoms with Crippen molar-refractivity contribution in [1.82, 2.24) is 4.98 Å². The van der Waals surface area contributed by atoms with Crippen molar-refractivity contribution in [2.24, 2.45) is 0 Å². The van der Waals surface area contributed by atoms with Crippen molar-refractivity contribution in [3.63, 3.8) is 0 Å². The summed E-state index contributed by atoms with van der Waals surface area (Å²) in [6, 6.07) is 9.50. The molecule has 32 heavy (non-hydrogen) atoms. The molecule has 6 N–H and O–H groups in total. The predicted octanol–water partition coefficient (Wildman–Crippen LogP) is 1.35. The Morgan fingerprint density at radius 2 is 1.62 bits per heavy atom. The van der Waals surface area contributed by atoms with Crippen LogP contribution in [0.25, 0.3) is 10.9 Å². The fourth-order valence-electron chi connectivity index (χ4n) is 3.79. The van der Waals surface area contributed by atoms with E-state index < -0.39 is 37.3 Å². The highest BCUT2D eigenvalue weighted by atomic mass is 16.6. The van der Waals surface area contributed by atoms with Crippen LogP contribution >= 0.6 is 0 Å². The van der Waals surface area contributed by atoms with Crippen LogP contribution in [0.15, 0.2) is 30.3 Å². The van der Waals surface area contributed by atoms with Gasteiger partial charge in [0.05, 0.1) is 18.7 Å². The summed E-state index contributed by atoms with van der Waals surface area (Å²) in [6.45, 7) is 0.557. The molecule has 1 aliphatic heterocycles. The van der Waals surface area contributed by atoms with Crippen molar-refractivity contribution >= 4 is 16.7 Å². The summed E-state index contributed by atoms with van der Waals surface area (Å²) in [5.74, 6) is 1.33. The van der Waals surface area contributed by atoms with Crippen LogP contribution in [0.1, 0.15) is 38.5 Å². The standard InChI is InChI=1S/C23H34N2O7/c24-19-10-7-15-13-16(8-9-17(15)25-19)30-11-5-3-1-2-4-6-12-31-22-20(27)18(14-26)32-23(29)21(22)28/h7-10,13,18,20-23,26-29H,1-6,11-12,14H2,(H2,24,25)/t18-,20-,21-,22+,23?/m1/s1. The number of aliphatic hydroxyl groups excluding tert-OH is 4. The minimum Gasteiger partial charge on any atom is -0.494 e. The molecule has 2 aromatic rings. The fourth-order valence-corrected chi connectivity index (χ4v) is 3.79. The van der Waals surface area contributed by atoms with E-state index in [-0.39, 0.29) is 0 Å². The molecular formula is C23H34N2O7. The van der Waals surface area contributed by atoms with Crippen LogP contribution in [-0.2, 0) is 9.47 Å². The van der Waals surface area contributed by atoms with E-state index >= 15 is 0 Å². The molecule has 0 saturated carbocycles. The maximum atomic E-state index is 10.1. The third-order valence-corrected chi connectivity index (χ3v) is 5.64. The molecule has 9 nitrogen and oxygen atoms in total. The largest absolute Gasteiger partial charge is 0.494 e. The number of nitrogens with zero attached hydrogens (tertiary/aromatic N) is 1. The predicted molar refractivity (Wildman–Crippen MR) is 119 cm³/mol. The molecule has 1 aromatic heterocycles. The van der Waals surface area contributed by atoms with E-state index in [0.717, 1.165) is 55.2 Å². The van der Waals surface area contributed by atoms with E-state index in [2.05, 4.69) is 4.98 Å². The minimum atomic E-state index is -1.48. The first-order valence-electron chi connectivity index (χ1n) is 11.2. The zero-order chi connectivity index (χ0) is 22.9. The van der Waals surface area contributed by atoms with Gasteiger partial charge in [-0.15, -0.1) is 0 Å². The van der Waals surface area contributed by atoms with E-state index in [0.29, 0.717) is 19.0 Å². The summed E-state index contributed by atoms with van der Waals surface area (Å²) in [5, 5.41) is 39.8. The Kier molecular flexibility index (Phi) is 9.46. The van der Waals surface area contributed by atoms with E-state index in [1.165, 1.54) is 0 Å². The first-order valence-corrected chi connectivity index (χ1v) is 11.2. The number of pyridine rings is 1. The highest BCUT2D eigenvalue weighted by molar-refractivity contribution is 5.81. The maximum Gasteiger partial charge on any atom is 0.184 e. The third kappa shape index (κ3) is 6.74. The molecule has 1 aromatic carbocycles. The number of aromatic nitrogens is 1. The Labute approximate surface area is 187 Å². The molecule has 0 aliphatic carbocycles. The molecule has 1 fully saturated rings. The maximum absolute atomic E-state index is 10.1. The van der Waals surface area contributed by atoms with Crippen LogP contribution in [0.2, 0.25) is 0 Å². The molecule has 9 heteroatoms. The first kappa shape index (κ1) is 24.6. The summed E-state index contributed by atoms with van der Waals surface area (Å²) in [7, 11) is 0. The van der Waals surface area contributed by atoms with Gasteiger partial charge in [0.25, 0.3) is 0 Å². The summed E-state index contributed by atoms with van der Waals surface area (Å²) >= 11 is 0.